The molecule has 0 N–H and O–H groups in total. The molecule has 0 amide bonds. The molecule has 5 heteroatoms. The summed E-state index contributed by atoms with van der Waals surface area (Å²) < 4.78 is 0. The van der Waals surface area contributed by atoms with Gasteiger partial charge >= 0.3 is 0 Å². The normalized spacial score (nSPS) is 10.3. The maximum atomic E-state index is 5.86. The molecule has 0 spiro atoms. The molecular weight excluding hydrogens is 227 g/mol. The summed E-state index contributed by atoms with van der Waals surface area (Å²) in [7, 11) is 0. The van der Waals surface area contributed by atoms with Gasteiger partial charge in [0.2, 0.25) is 0 Å². The van der Waals surface area contributed by atoms with Gasteiger partial charge < -0.3 is 0 Å². The Morgan fingerprint density at radius 2 is 2.08 bits per heavy atom. The average Bonchev–Trinajstić information content (AvgIpc) is 2.61. The molecule has 0 bridgehead atoms. The third-order valence-corrected chi connectivity index (χ3v) is 2.87. The lowest BCUT2D eigenvalue weighted by Gasteiger charge is -1.98. The summed E-state index contributed by atoms with van der Waals surface area (Å²) in [6.45, 7) is 0. The number of hydrogen-bond acceptors (Lipinski definition) is 3. The maximum Gasteiger partial charge on any atom is 0.160 e. The second-order valence-electron chi connectivity index (χ2n) is 2.35. The Morgan fingerprint density at radius 1 is 1.23 bits per heavy atom. The zero-order chi connectivity index (χ0) is 9.26. The van der Waals surface area contributed by atoms with Crippen molar-refractivity contribution in [3.8, 4) is 10.4 Å². The first-order chi connectivity index (χ1) is 6.27. The summed E-state index contributed by atoms with van der Waals surface area (Å²) in [6.07, 6.45) is 0. The van der Waals surface area contributed by atoms with Gasteiger partial charge in [0.1, 0.15) is 0 Å². The molecule has 0 saturated heterocycles. The van der Waals surface area contributed by atoms with Crippen molar-refractivity contribution in [2.75, 3.05) is 0 Å². The second kappa shape index (κ2) is 3.62. The molecule has 0 radical (unpaired) electrons. The van der Waals surface area contributed by atoms with Crippen LogP contribution in [0.25, 0.3) is 10.4 Å². The fraction of sp³-hybridized carbons (Fsp3) is 0. The van der Waals surface area contributed by atoms with E-state index in [1.165, 1.54) is 0 Å². The van der Waals surface area contributed by atoms with Crippen molar-refractivity contribution in [2.45, 2.75) is 0 Å². The highest BCUT2D eigenvalue weighted by atomic mass is 35.5. The van der Waals surface area contributed by atoms with Gasteiger partial charge in [-0.1, -0.05) is 29.3 Å². The highest BCUT2D eigenvalue weighted by molar-refractivity contribution is 7.13. The molecule has 0 aromatic carbocycles. The number of hydrogen-bond donors (Lipinski definition) is 0. The summed E-state index contributed by atoms with van der Waals surface area (Å²) >= 11 is 13.2. The zero-order valence-corrected chi connectivity index (χ0v) is 8.70. The third-order valence-electron chi connectivity index (χ3n) is 1.51. The second-order valence-corrected chi connectivity index (χ2v) is 4.04. The molecule has 0 fully saturated rings. The Hall–Kier alpha value is -0.640. The largest absolute Gasteiger partial charge is 0.160 e. The summed E-state index contributed by atoms with van der Waals surface area (Å²) in [5, 5.41) is 10.1. The Kier molecular flexibility index (Phi) is 2.49. The smallest absolute Gasteiger partial charge is 0.144 e. The van der Waals surface area contributed by atoms with E-state index < -0.39 is 0 Å². The topological polar surface area (TPSA) is 25.8 Å². The van der Waals surface area contributed by atoms with Gasteiger partial charge in [0, 0.05) is 10.4 Å². The molecule has 66 valence electrons. The summed E-state index contributed by atoms with van der Waals surface area (Å²) in [4.78, 5) is 1.04. The van der Waals surface area contributed by atoms with Crippen LogP contribution in [-0.4, -0.2) is 10.2 Å². The number of thiophene rings is 1. The van der Waals surface area contributed by atoms with Crippen LogP contribution >= 0.6 is 34.5 Å². The van der Waals surface area contributed by atoms with Gasteiger partial charge in [0.25, 0.3) is 0 Å². The lowest BCUT2D eigenvalue weighted by Crippen LogP contribution is -1.85. The summed E-state index contributed by atoms with van der Waals surface area (Å²) in [5.41, 5.74) is 0.830. The summed E-state index contributed by atoms with van der Waals surface area (Å²) in [5.74, 6) is 0. The molecular formula is C8H4Cl2N2S. The Bertz CT molecular complexity index is 414. The van der Waals surface area contributed by atoms with Crippen molar-refractivity contribution in [3.05, 3.63) is 33.9 Å². The van der Waals surface area contributed by atoms with Crippen molar-refractivity contribution in [3.63, 3.8) is 0 Å². The molecule has 0 aliphatic rings. The Labute approximate surface area is 89.1 Å². The molecule has 2 heterocycles. The van der Waals surface area contributed by atoms with Gasteiger partial charge in [0.05, 0.1) is 0 Å². The van der Waals surface area contributed by atoms with Crippen molar-refractivity contribution in [2.24, 2.45) is 0 Å². The van der Waals surface area contributed by atoms with Crippen molar-refractivity contribution < 1.29 is 0 Å². The minimum atomic E-state index is 0.354. The predicted octanol–water partition coefficient (Wildman–Crippen LogP) is 3.51. The van der Waals surface area contributed by atoms with Gasteiger partial charge in [-0.25, -0.2) is 0 Å². The van der Waals surface area contributed by atoms with E-state index in [9.17, 15) is 0 Å². The first kappa shape index (κ1) is 8.94. The van der Waals surface area contributed by atoms with Crippen molar-refractivity contribution in [1.82, 2.24) is 10.2 Å². The van der Waals surface area contributed by atoms with E-state index in [2.05, 4.69) is 10.2 Å². The molecule has 0 aliphatic heterocycles. The third kappa shape index (κ3) is 1.82. The van der Waals surface area contributed by atoms with E-state index >= 15 is 0 Å². The first-order valence-corrected chi connectivity index (χ1v) is 5.13. The van der Waals surface area contributed by atoms with E-state index in [1.54, 1.807) is 17.4 Å². The molecule has 13 heavy (non-hydrogen) atoms. The molecule has 2 aromatic heterocycles. The minimum Gasteiger partial charge on any atom is -0.144 e. The van der Waals surface area contributed by atoms with Crippen LogP contribution in [0.2, 0.25) is 10.3 Å². The maximum absolute atomic E-state index is 5.86. The van der Waals surface area contributed by atoms with Crippen LogP contribution in [-0.2, 0) is 0 Å². The van der Waals surface area contributed by atoms with Crippen LogP contribution in [0, 0.1) is 0 Å². The summed E-state index contributed by atoms with van der Waals surface area (Å²) in [6, 6.07) is 5.62. The standard InChI is InChI=1S/C8H4Cl2N2S/c9-7-4-5(8(10)12-11-7)6-2-1-3-13-6/h1-4H. The van der Waals surface area contributed by atoms with Crippen molar-refractivity contribution in [1.29, 1.82) is 0 Å². The van der Waals surface area contributed by atoms with Crippen LogP contribution in [0.15, 0.2) is 23.6 Å². The van der Waals surface area contributed by atoms with Crippen LogP contribution in [0.5, 0.6) is 0 Å². The van der Waals surface area contributed by atoms with E-state index in [0.29, 0.717) is 10.3 Å². The quantitative estimate of drug-likeness (QED) is 0.750. The molecule has 0 atom stereocenters. The first-order valence-electron chi connectivity index (χ1n) is 3.50. The molecule has 0 saturated carbocycles. The molecule has 2 aromatic rings. The van der Waals surface area contributed by atoms with Crippen LogP contribution in [0.3, 0.4) is 0 Å². The lowest BCUT2D eigenvalue weighted by atomic mass is 10.2. The number of rotatable bonds is 1. The molecule has 2 rings (SSSR count). The highest BCUT2D eigenvalue weighted by Gasteiger charge is 2.06. The van der Waals surface area contributed by atoms with Crippen LogP contribution in [0.1, 0.15) is 0 Å². The fourth-order valence-corrected chi connectivity index (χ4v) is 2.10. The van der Waals surface area contributed by atoms with Gasteiger partial charge in [-0.15, -0.1) is 21.5 Å². The van der Waals surface area contributed by atoms with Gasteiger partial charge in [-0.3, -0.25) is 0 Å². The monoisotopic (exact) mass is 230 g/mol. The van der Waals surface area contributed by atoms with E-state index in [4.69, 9.17) is 23.2 Å². The molecule has 0 unspecified atom stereocenters. The fourth-order valence-electron chi connectivity index (χ4n) is 0.958. The van der Waals surface area contributed by atoms with Crippen LogP contribution in [0.4, 0.5) is 0 Å². The zero-order valence-electron chi connectivity index (χ0n) is 6.37. The Morgan fingerprint density at radius 3 is 2.77 bits per heavy atom. The number of aromatic nitrogens is 2. The number of halogens is 2. The molecule has 0 aliphatic carbocycles. The van der Waals surface area contributed by atoms with E-state index in [1.807, 2.05) is 17.5 Å². The van der Waals surface area contributed by atoms with Crippen LogP contribution < -0.4 is 0 Å². The Balaban J connectivity index is 2.57. The van der Waals surface area contributed by atoms with Gasteiger partial charge in [-0.2, -0.15) is 0 Å². The average molecular weight is 231 g/mol. The van der Waals surface area contributed by atoms with E-state index in [-0.39, 0.29) is 0 Å². The minimum absolute atomic E-state index is 0.354. The highest BCUT2D eigenvalue weighted by Crippen LogP contribution is 2.30. The SMILES string of the molecule is Clc1cc(-c2cccs2)c(Cl)nn1. The van der Waals surface area contributed by atoms with Gasteiger partial charge in [0.15, 0.2) is 10.3 Å². The predicted molar refractivity (Wildman–Crippen MR) is 55.4 cm³/mol. The number of nitrogens with zero attached hydrogens (tertiary/aromatic N) is 2. The lowest BCUT2D eigenvalue weighted by molar-refractivity contribution is 1.03. The van der Waals surface area contributed by atoms with E-state index in [0.717, 1.165) is 10.4 Å². The van der Waals surface area contributed by atoms with Gasteiger partial charge in [-0.05, 0) is 17.5 Å². The van der Waals surface area contributed by atoms with Crippen molar-refractivity contribution >= 4 is 34.5 Å². The molecule has 2 nitrogen and oxygen atoms in total.